The van der Waals surface area contributed by atoms with Crippen LogP contribution in [0.15, 0.2) is 24.7 Å². The number of nitrogens with zero attached hydrogens (tertiary/aromatic N) is 4. The number of carbonyl (C=O) groups excluding carboxylic acids is 1. The summed E-state index contributed by atoms with van der Waals surface area (Å²) < 4.78 is 8.55. The molecule has 0 aromatic carbocycles. The quantitative estimate of drug-likeness (QED) is 0.592. The smallest absolute Gasteiger partial charge is 0.341 e. The molecule has 0 bridgehead atoms. The molecule has 2 rings (SSSR count). The number of esters is 1. The summed E-state index contributed by atoms with van der Waals surface area (Å²) in [6.45, 7) is 4.25. The first-order valence-electron chi connectivity index (χ1n) is 6.58. The highest BCUT2D eigenvalue weighted by Gasteiger charge is 2.16. The molecule has 108 valence electrons. The van der Waals surface area contributed by atoms with Crippen molar-refractivity contribution in [2.24, 2.45) is 7.05 Å². The van der Waals surface area contributed by atoms with Crippen molar-refractivity contribution in [1.29, 1.82) is 0 Å². The maximum atomic E-state index is 11.8. The highest BCUT2D eigenvalue weighted by atomic mass is 16.5. The van der Waals surface area contributed by atoms with Gasteiger partial charge in [-0.1, -0.05) is 0 Å². The van der Waals surface area contributed by atoms with Gasteiger partial charge in [-0.05, 0) is 13.0 Å². The Bertz CT molecular complexity index is 547. The maximum absolute atomic E-state index is 11.8. The number of aromatic nitrogens is 4. The molecule has 0 aliphatic carbocycles. The van der Waals surface area contributed by atoms with Gasteiger partial charge in [0.15, 0.2) is 0 Å². The van der Waals surface area contributed by atoms with Crippen molar-refractivity contribution in [3.63, 3.8) is 0 Å². The summed E-state index contributed by atoms with van der Waals surface area (Å²) in [5.41, 5.74) is 1.34. The Morgan fingerprint density at radius 3 is 3.00 bits per heavy atom. The van der Waals surface area contributed by atoms with Gasteiger partial charge in [-0.2, -0.15) is 10.2 Å². The Morgan fingerprint density at radius 2 is 2.30 bits per heavy atom. The fourth-order valence-corrected chi connectivity index (χ4v) is 1.88. The average molecular weight is 277 g/mol. The molecule has 2 heterocycles. The van der Waals surface area contributed by atoms with Gasteiger partial charge in [0.05, 0.1) is 25.0 Å². The Kier molecular flexibility index (Phi) is 4.89. The lowest BCUT2D eigenvalue weighted by Gasteiger charge is -2.08. The predicted molar refractivity (Wildman–Crippen MR) is 73.1 cm³/mol. The molecular weight excluding hydrogens is 258 g/mol. The molecular formula is C13H19N5O2. The van der Waals surface area contributed by atoms with E-state index in [0.717, 1.165) is 18.8 Å². The van der Waals surface area contributed by atoms with Crippen LogP contribution in [0, 0.1) is 0 Å². The van der Waals surface area contributed by atoms with Gasteiger partial charge in [0.1, 0.15) is 5.56 Å². The lowest BCUT2D eigenvalue weighted by molar-refractivity contribution is 0.0524. The number of nitrogens with one attached hydrogen (secondary N) is 1. The molecule has 0 amide bonds. The van der Waals surface area contributed by atoms with Crippen molar-refractivity contribution in [3.8, 4) is 0 Å². The number of aryl methyl sites for hydroxylation is 1. The van der Waals surface area contributed by atoms with E-state index in [4.69, 9.17) is 4.74 Å². The molecule has 20 heavy (non-hydrogen) atoms. The van der Waals surface area contributed by atoms with Crippen molar-refractivity contribution in [1.82, 2.24) is 24.9 Å². The topological polar surface area (TPSA) is 74.0 Å². The van der Waals surface area contributed by atoms with Crippen LogP contribution < -0.4 is 5.32 Å². The molecule has 0 saturated heterocycles. The molecule has 0 radical (unpaired) electrons. The number of ether oxygens (including phenoxy) is 1. The minimum Gasteiger partial charge on any atom is -0.462 e. The van der Waals surface area contributed by atoms with Gasteiger partial charge in [0.2, 0.25) is 0 Å². The first-order chi connectivity index (χ1) is 9.72. The number of hydrogen-bond donors (Lipinski definition) is 1. The highest BCUT2D eigenvalue weighted by Crippen LogP contribution is 2.09. The van der Waals surface area contributed by atoms with Crippen LogP contribution in [0.5, 0.6) is 0 Å². The zero-order valence-corrected chi connectivity index (χ0v) is 11.7. The van der Waals surface area contributed by atoms with E-state index in [0.29, 0.717) is 18.7 Å². The number of carbonyl (C=O) groups is 1. The third-order valence-electron chi connectivity index (χ3n) is 2.93. The van der Waals surface area contributed by atoms with Crippen molar-refractivity contribution < 1.29 is 9.53 Å². The van der Waals surface area contributed by atoms with Crippen LogP contribution in [0.1, 0.15) is 23.0 Å². The molecule has 7 nitrogen and oxygen atoms in total. The van der Waals surface area contributed by atoms with E-state index >= 15 is 0 Å². The minimum atomic E-state index is -0.329. The molecule has 0 spiro atoms. The van der Waals surface area contributed by atoms with Crippen LogP contribution in [-0.4, -0.2) is 38.7 Å². The molecule has 2 aromatic heterocycles. The summed E-state index contributed by atoms with van der Waals surface area (Å²) in [5, 5.41) is 11.5. The fourth-order valence-electron chi connectivity index (χ4n) is 1.88. The second-order valence-corrected chi connectivity index (χ2v) is 4.29. The first kappa shape index (κ1) is 14.3. The van der Waals surface area contributed by atoms with Gasteiger partial charge in [0.25, 0.3) is 0 Å². The molecule has 0 atom stereocenters. The molecule has 0 saturated carbocycles. The SMILES string of the molecule is CCOC(=O)c1cnn(C)c1CNCCn1cccn1. The summed E-state index contributed by atoms with van der Waals surface area (Å²) >= 11 is 0. The molecule has 1 N–H and O–H groups in total. The Labute approximate surface area is 117 Å². The molecule has 0 fully saturated rings. The lowest BCUT2D eigenvalue weighted by Crippen LogP contribution is -2.22. The summed E-state index contributed by atoms with van der Waals surface area (Å²) in [6.07, 6.45) is 5.21. The van der Waals surface area contributed by atoms with Gasteiger partial charge >= 0.3 is 5.97 Å². The van der Waals surface area contributed by atoms with Gasteiger partial charge in [-0.3, -0.25) is 9.36 Å². The number of hydrogen-bond acceptors (Lipinski definition) is 5. The van der Waals surface area contributed by atoms with E-state index in [1.165, 1.54) is 0 Å². The van der Waals surface area contributed by atoms with E-state index < -0.39 is 0 Å². The van der Waals surface area contributed by atoms with E-state index in [9.17, 15) is 4.79 Å². The third kappa shape index (κ3) is 3.45. The summed E-state index contributed by atoms with van der Waals surface area (Å²) in [4.78, 5) is 11.8. The molecule has 0 aliphatic heterocycles. The van der Waals surface area contributed by atoms with Crippen molar-refractivity contribution in [2.45, 2.75) is 20.0 Å². The molecule has 2 aromatic rings. The van der Waals surface area contributed by atoms with E-state index in [-0.39, 0.29) is 5.97 Å². The van der Waals surface area contributed by atoms with Gasteiger partial charge in [0, 0.05) is 32.5 Å². The lowest BCUT2D eigenvalue weighted by atomic mass is 10.2. The third-order valence-corrected chi connectivity index (χ3v) is 2.93. The monoisotopic (exact) mass is 277 g/mol. The largest absolute Gasteiger partial charge is 0.462 e. The molecule has 0 aliphatic rings. The van der Waals surface area contributed by atoms with Crippen LogP contribution in [-0.2, 0) is 24.9 Å². The van der Waals surface area contributed by atoms with Gasteiger partial charge in [-0.25, -0.2) is 4.79 Å². The summed E-state index contributed by atoms with van der Waals surface area (Å²) in [5.74, 6) is -0.329. The van der Waals surface area contributed by atoms with E-state index in [2.05, 4.69) is 15.5 Å². The second kappa shape index (κ2) is 6.85. The van der Waals surface area contributed by atoms with Gasteiger partial charge < -0.3 is 10.1 Å². The van der Waals surface area contributed by atoms with Crippen LogP contribution in [0.3, 0.4) is 0 Å². The van der Waals surface area contributed by atoms with Crippen LogP contribution in [0.4, 0.5) is 0 Å². The first-order valence-corrected chi connectivity index (χ1v) is 6.58. The van der Waals surface area contributed by atoms with Crippen LogP contribution >= 0.6 is 0 Å². The second-order valence-electron chi connectivity index (χ2n) is 4.29. The Morgan fingerprint density at radius 1 is 1.45 bits per heavy atom. The zero-order chi connectivity index (χ0) is 14.4. The normalized spacial score (nSPS) is 10.7. The fraction of sp³-hybridized carbons (Fsp3) is 0.462. The summed E-state index contributed by atoms with van der Waals surface area (Å²) in [6, 6.07) is 1.89. The Hall–Kier alpha value is -2.15. The minimum absolute atomic E-state index is 0.329. The van der Waals surface area contributed by atoms with Crippen molar-refractivity contribution in [2.75, 3.05) is 13.2 Å². The Balaban J connectivity index is 1.88. The molecule has 7 heteroatoms. The van der Waals surface area contributed by atoms with Crippen molar-refractivity contribution >= 4 is 5.97 Å². The maximum Gasteiger partial charge on any atom is 0.341 e. The summed E-state index contributed by atoms with van der Waals surface area (Å²) in [7, 11) is 1.81. The van der Waals surface area contributed by atoms with Crippen LogP contribution in [0.25, 0.3) is 0 Å². The van der Waals surface area contributed by atoms with E-state index in [1.54, 1.807) is 24.0 Å². The van der Waals surface area contributed by atoms with Gasteiger partial charge in [-0.15, -0.1) is 0 Å². The average Bonchev–Trinajstić information content (AvgIpc) is 3.05. The van der Waals surface area contributed by atoms with Crippen LogP contribution in [0.2, 0.25) is 0 Å². The zero-order valence-electron chi connectivity index (χ0n) is 11.7. The molecule has 0 unspecified atom stereocenters. The predicted octanol–water partition coefficient (Wildman–Crippen LogP) is 0.583. The number of rotatable bonds is 7. The van der Waals surface area contributed by atoms with E-state index in [1.807, 2.05) is 24.0 Å². The highest BCUT2D eigenvalue weighted by molar-refractivity contribution is 5.90. The standard InChI is InChI=1S/C13H19N5O2/c1-3-20-13(19)11-9-16-17(2)12(11)10-14-6-8-18-7-4-5-15-18/h4-5,7,9,14H,3,6,8,10H2,1-2H3. The van der Waals surface area contributed by atoms with Crippen molar-refractivity contribution in [3.05, 3.63) is 35.9 Å².